The van der Waals surface area contributed by atoms with Crippen molar-refractivity contribution in [2.24, 2.45) is 0 Å². The van der Waals surface area contributed by atoms with Crippen molar-refractivity contribution in [1.29, 1.82) is 5.26 Å². The summed E-state index contributed by atoms with van der Waals surface area (Å²) in [5.74, 6) is 6.41. The van der Waals surface area contributed by atoms with E-state index in [4.69, 9.17) is 14.2 Å². The molecule has 1 rings (SSSR count). The zero-order valence-electron chi connectivity index (χ0n) is 21.3. The van der Waals surface area contributed by atoms with E-state index in [2.05, 4.69) is 31.4 Å². The molecule has 0 bridgehead atoms. The lowest BCUT2D eigenvalue weighted by Crippen LogP contribution is -2.39. The zero-order chi connectivity index (χ0) is 24.1. The fraction of sp³-hybridized carbons (Fsp3) is 0.679. The molecule has 1 unspecified atom stereocenters. The highest BCUT2D eigenvalue weighted by atomic mass is 16.5. The van der Waals surface area contributed by atoms with E-state index in [0.717, 1.165) is 56.1 Å². The van der Waals surface area contributed by atoms with Crippen molar-refractivity contribution < 1.29 is 14.2 Å². The molecule has 0 aromatic heterocycles. The summed E-state index contributed by atoms with van der Waals surface area (Å²) in [5, 5.41) is 9.57. The summed E-state index contributed by atoms with van der Waals surface area (Å²) in [6.45, 7) is 15.9. The maximum absolute atomic E-state index is 9.57. The topological polar surface area (TPSA) is 51.5 Å². The molecule has 1 fully saturated rings. The lowest BCUT2D eigenvalue weighted by Gasteiger charge is -2.36. The van der Waals surface area contributed by atoms with Crippen molar-refractivity contribution in [2.75, 3.05) is 7.11 Å². The molecule has 0 aromatic rings. The molecule has 0 spiro atoms. The van der Waals surface area contributed by atoms with Crippen molar-refractivity contribution >= 4 is 0 Å². The van der Waals surface area contributed by atoms with Crippen LogP contribution in [-0.4, -0.2) is 37.1 Å². The van der Waals surface area contributed by atoms with Crippen LogP contribution in [0.15, 0.2) is 35.5 Å². The molecule has 0 N–H and O–H groups in total. The van der Waals surface area contributed by atoms with E-state index in [1.165, 1.54) is 0 Å². The van der Waals surface area contributed by atoms with Gasteiger partial charge in [0.1, 0.15) is 5.60 Å². The third-order valence-corrected chi connectivity index (χ3v) is 5.50. The van der Waals surface area contributed by atoms with E-state index >= 15 is 0 Å². The van der Waals surface area contributed by atoms with Crippen molar-refractivity contribution in [1.82, 2.24) is 0 Å². The van der Waals surface area contributed by atoms with Crippen LogP contribution in [0.5, 0.6) is 0 Å². The van der Waals surface area contributed by atoms with Gasteiger partial charge in [-0.3, -0.25) is 0 Å². The maximum atomic E-state index is 9.57. The highest BCUT2D eigenvalue weighted by Gasteiger charge is 2.31. The van der Waals surface area contributed by atoms with Crippen LogP contribution in [0, 0.1) is 23.2 Å². The number of ether oxygens (including phenoxy) is 3. The first-order chi connectivity index (χ1) is 15.1. The molecule has 4 nitrogen and oxygen atoms in total. The van der Waals surface area contributed by atoms with Crippen LogP contribution < -0.4 is 0 Å². The minimum atomic E-state index is -0.516. The molecule has 1 atom stereocenters. The number of allylic oxidation sites excluding steroid dienone is 5. The van der Waals surface area contributed by atoms with Crippen LogP contribution in [0.25, 0.3) is 0 Å². The van der Waals surface area contributed by atoms with Crippen LogP contribution in [0.4, 0.5) is 0 Å². The highest BCUT2D eigenvalue weighted by Crippen LogP contribution is 2.29. The number of hydrogen-bond donors (Lipinski definition) is 0. The van der Waals surface area contributed by atoms with Gasteiger partial charge in [0, 0.05) is 7.11 Å². The average Bonchev–Trinajstić information content (AvgIpc) is 2.68. The van der Waals surface area contributed by atoms with Gasteiger partial charge in [-0.25, -0.2) is 0 Å². The molecule has 0 aliphatic heterocycles. The van der Waals surface area contributed by atoms with E-state index in [1.54, 1.807) is 13.2 Å². The molecule has 178 valence electrons. The summed E-state index contributed by atoms with van der Waals surface area (Å²) in [5.41, 5.74) is 1.99. The van der Waals surface area contributed by atoms with Gasteiger partial charge in [-0.2, -0.15) is 5.26 Å². The predicted octanol–water partition coefficient (Wildman–Crippen LogP) is 6.68. The number of nitriles is 1. The van der Waals surface area contributed by atoms with Gasteiger partial charge in [-0.15, -0.1) is 0 Å². The number of hydrogen-bond acceptors (Lipinski definition) is 4. The third kappa shape index (κ3) is 10.6. The largest absolute Gasteiger partial charge is 0.381 e. The second-order valence-corrected chi connectivity index (χ2v) is 9.40. The van der Waals surface area contributed by atoms with Crippen molar-refractivity contribution in [2.45, 2.75) is 117 Å². The fourth-order valence-electron chi connectivity index (χ4n) is 3.91. The van der Waals surface area contributed by atoms with Gasteiger partial charge in [0.25, 0.3) is 0 Å². The molecule has 32 heavy (non-hydrogen) atoms. The van der Waals surface area contributed by atoms with Crippen molar-refractivity contribution in [3.8, 4) is 17.9 Å². The van der Waals surface area contributed by atoms with Crippen LogP contribution in [0.3, 0.4) is 0 Å². The molecule has 0 saturated heterocycles. The molecule has 1 saturated carbocycles. The first-order valence-electron chi connectivity index (χ1n) is 12.0. The normalized spacial score (nSPS) is 20.5. The minimum absolute atomic E-state index is 0.114. The first-order valence-corrected chi connectivity index (χ1v) is 12.0. The van der Waals surface area contributed by atoms with Crippen LogP contribution in [-0.2, 0) is 14.2 Å². The second kappa shape index (κ2) is 14.3. The monoisotopic (exact) mass is 441 g/mol. The number of methoxy groups -OCH3 is 1. The Kier molecular flexibility index (Phi) is 12.6. The molecule has 0 radical (unpaired) electrons. The Bertz CT molecular complexity index is 752. The quantitative estimate of drug-likeness (QED) is 0.182. The van der Waals surface area contributed by atoms with E-state index < -0.39 is 5.60 Å². The molecular formula is C28H43NO3. The van der Waals surface area contributed by atoms with Gasteiger partial charge in [0.2, 0.25) is 0 Å². The zero-order valence-corrected chi connectivity index (χ0v) is 21.3. The third-order valence-electron chi connectivity index (χ3n) is 5.50. The summed E-state index contributed by atoms with van der Waals surface area (Å²) in [6, 6.07) is 2.28. The van der Waals surface area contributed by atoms with E-state index in [9.17, 15) is 5.26 Å². The second-order valence-electron chi connectivity index (χ2n) is 9.40. The molecule has 0 amide bonds. The van der Waals surface area contributed by atoms with Gasteiger partial charge in [-0.05, 0) is 90.4 Å². The van der Waals surface area contributed by atoms with Crippen LogP contribution in [0.1, 0.15) is 86.5 Å². The summed E-state index contributed by atoms with van der Waals surface area (Å²) >= 11 is 0. The summed E-state index contributed by atoms with van der Waals surface area (Å²) in [6.07, 6.45) is 11.6. The van der Waals surface area contributed by atoms with Gasteiger partial charge < -0.3 is 14.2 Å². The highest BCUT2D eigenvalue weighted by molar-refractivity contribution is 5.45. The Balaban J connectivity index is 2.80. The Hall–Kier alpha value is -1.85. The Morgan fingerprint density at radius 2 is 1.91 bits per heavy atom. The molecular weight excluding hydrogens is 398 g/mol. The van der Waals surface area contributed by atoms with Gasteiger partial charge in [-0.1, -0.05) is 37.8 Å². The number of rotatable bonds is 13. The van der Waals surface area contributed by atoms with Gasteiger partial charge >= 0.3 is 0 Å². The first kappa shape index (κ1) is 28.2. The molecule has 0 heterocycles. The van der Waals surface area contributed by atoms with Crippen molar-refractivity contribution in [3.63, 3.8) is 0 Å². The number of nitrogens with zero attached hydrogens (tertiary/aromatic N) is 1. The lowest BCUT2D eigenvalue weighted by molar-refractivity contribution is -0.118. The Labute approximate surface area is 196 Å². The Morgan fingerprint density at radius 3 is 2.44 bits per heavy atom. The Morgan fingerprint density at radius 1 is 1.22 bits per heavy atom. The molecule has 4 heteroatoms. The summed E-state index contributed by atoms with van der Waals surface area (Å²) in [7, 11) is 1.77. The SMILES string of the molecule is C=C/C(C#N)=C(\C=C(/C)C#CC(C)(C)OC(C)C)CCCC(CCC)OC1CC(OC)C1. The van der Waals surface area contributed by atoms with Crippen LogP contribution in [0.2, 0.25) is 0 Å². The molecule has 1 aliphatic carbocycles. The maximum Gasteiger partial charge on any atom is 0.123 e. The van der Waals surface area contributed by atoms with E-state index in [1.807, 2.05) is 40.7 Å². The average molecular weight is 442 g/mol. The van der Waals surface area contributed by atoms with Crippen LogP contribution >= 0.6 is 0 Å². The summed E-state index contributed by atoms with van der Waals surface area (Å²) in [4.78, 5) is 0. The standard InChI is InChI=1S/C28H43NO3/c1-9-12-25(31-27-18-26(19-27)30-8)14-11-13-24(23(10-2)20-29)17-22(5)15-16-28(6,7)32-21(3)4/h10,17,21,25-27H,2,9,11-14,18-19H2,1,3-8H3/b22-17+,24-23+. The smallest absolute Gasteiger partial charge is 0.123 e. The predicted molar refractivity (Wildman–Crippen MR) is 132 cm³/mol. The van der Waals surface area contributed by atoms with Crippen molar-refractivity contribution in [3.05, 3.63) is 35.5 Å². The minimum Gasteiger partial charge on any atom is -0.381 e. The fourth-order valence-corrected chi connectivity index (χ4v) is 3.91. The lowest BCUT2D eigenvalue weighted by atomic mass is 9.91. The van der Waals surface area contributed by atoms with Gasteiger partial charge in [0.05, 0.1) is 36.1 Å². The van der Waals surface area contributed by atoms with E-state index in [-0.39, 0.29) is 12.2 Å². The van der Waals surface area contributed by atoms with Gasteiger partial charge in [0.15, 0.2) is 0 Å². The molecule has 0 aromatic carbocycles. The molecule has 1 aliphatic rings. The summed E-state index contributed by atoms with van der Waals surface area (Å²) < 4.78 is 17.5. The van der Waals surface area contributed by atoms with E-state index in [0.29, 0.717) is 17.8 Å².